The van der Waals surface area contributed by atoms with E-state index in [-0.39, 0.29) is 11.1 Å². The molecule has 2 aromatic carbocycles. The first-order valence-electron chi connectivity index (χ1n) is 5.83. The Morgan fingerprint density at radius 1 is 1.05 bits per heavy atom. The van der Waals surface area contributed by atoms with Crippen molar-refractivity contribution < 1.29 is 18.3 Å². The Labute approximate surface area is 108 Å². The predicted octanol–water partition coefficient (Wildman–Crippen LogP) is 3.21. The molecule has 0 aromatic heterocycles. The number of esters is 1. The monoisotopic (exact) mass is 260 g/mol. The summed E-state index contributed by atoms with van der Waals surface area (Å²) < 4.78 is 32.8. The molecule has 0 unspecified atom stereocenters. The third-order valence-corrected chi connectivity index (χ3v) is 3.33. The van der Waals surface area contributed by atoms with Crippen LogP contribution in [0.1, 0.15) is 21.5 Å². The van der Waals surface area contributed by atoms with Gasteiger partial charge in [0.1, 0.15) is 12.5 Å². The molecule has 3 rings (SSSR count). The number of cyclic esters (lactones) is 1. The molecule has 1 atom stereocenters. The molecule has 4 heteroatoms. The van der Waals surface area contributed by atoms with Crippen molar-refractivity contribution in [2.75, 3.05) is 6.67 Å². The molecule has 0 bridgehead atoms. The number of halogens is 2. The lowest BCUT2D eigenvalue weighted by Crippen LogP contribution is -2.31. The van der Waals surface area contributed by atoms with Crippen LogP contribution in [0.15, 0.2) is 48.5 Å². The standard InChI is InChI=1S/C15H10F2O2/c16-9-15(10-5-2-1-3-6-10)13-11(14(18)19-15)7-4-8-12(13)17/h1-8H,9H2/t15-/m1/s1. The van der Waals surface area contributed by atoms with E-state index in [1.807, 2.05) is 0 Å². The van der Waals surface area contributed by atoms with Crippen LogP contribution < -0.4 is 0 Å². The molecule has 0 amide bonds. The van der Waals surface area contributed by atoms with E-state index in [0.29, 0.717) is 5.56 Å². The van der Waals surface area contributed by atoms with Crippen LogP contribution in [0.5, 0.6) is 0 Å². The average molecular weight is 260 g/mol. The molecule has 1 aliphatic rings. The number of rotatable bonds is 2. The Morgan fingerprint density at radius 3 is 2.47 bits per heavy atom. The molecule has 2 nitrogen and oxygen atoms in total. The topological polar surface area (TPSA) is 26.3 Å². The van der Waals surface area contributed by atoms with Crippen molar-refractivity contribution in [2.24, 2.45) is 0 Å². The van der Waals surface area contributed by atoms with Gasteiger partial charge in [0, 0.05) is 5.56 Å². The Balaban J connectivity index is 2.30. The van der Waals surface area contributed by atoms with Crippen LogP contribution in [0.3, 0.4) is 0 Å². The average Bonchev–Trinajstić information content (AvgIpc) is 2.75. The molecule has 96 valence electrons. The van der Waals surface area contributed by atoms with Gasteiger partial charge in [-0.2, -0.15) is 0 Å². The summed E-state index contributed by atoms with van der Waals surface area (Å²) in [5.74, 6) is -1.33. The third kappa shape index (κ3) is 1.56. The lowest BCUT2D eigenvalue weighted by Gasteiger charge is -2.26. The van der Waals surface area contributed by atoms with Crippen LogP contribution in [0, 0.1) is 5.82 Å². The first-order valence-corrected chi connectivity index (χ1v) is 5.83. The van der Waals surface area contributed by atoms with Gasteiger partial charge in [-0.05, 0) is 12.1 Å². The summed E-state index contributed by atoms with van der Waals surface area (Å²) >= 11 is 0. The van der Waals surface area contributed by atoms with Crippen molar-refractivity contribution >= 4 is 5.97 Å². The highest BCUT2D eigenvalue weighted by atomic mass is 19.1. The van der Waals surface area contributed by atoms with Crippen LogP contribution >= 0.6 is 0 Å². The zero-order valence-corrected chi connectivity index (χ0v) is 9.90. The molecule has 1 heterocycles. The number of hydrogen-bond acceptors (Lipinski definition) is 2. The first-order chi connectivity index (χ1) is 9.19. The summed E-state index contributed by atoms with van der Waals surface area (Å²) in [4.78, 5) is 11.8. The van der Waals surface area contributed by atoms with Crippen molar-refractivity contribution in [3.05, 3.63) is 71.0 Å². The summed E-state index contributed by atoms with van der Waals surface area (Å²) in [6.07, 6.45) is 0. The lowest BCUT2D eigenvalue weighted by molar-refractivity contribution is -0.000643. The maximum atomic E-state index is 14.0. The fourth-order valence-electron chi connectivity index (χ4n) is 2.45. The van der Waals surface area contributed by atoms with Gasteiger partial charge in [0.2, 0.25) is 0 Å². The number of carbonyl (C=O) groups is 1. The van der Waals surface area contributed by atoms with Gasteiger partial charge in [-0.3, -0.25) is 0 Å². The second kappa shape index (κ2) is 4.16. The molecule has 0 aliphatic carbocycles. The zero-order chi connectivity index (χ0) is 13.5. The molecular weight excluding hydrogens is 250 g/mol. The molecule has 0 N–H and O–H groups in total. The molecular formula is C15H10F2O2. The van der Waals surface area contributed by atoms with Crippen molar-refractivity contribution in [3.8, 4) is 0 Å². The third-order valence-electron chi connectivity index (χ3n) is 3.33. The van der Waals surface area contributed by atoms with E-state index in [2.05, 4.69) is 0 Å². The number of benzene rings is 2. The van der Waals surface area contributed by atoms with Crippen LogP contribution in [-0.2, 0) is 10.3 Å². The van der Waals surface area contributed by atoms with Gasteiger partial charge in [0.05, 0.1) is 11.1 Å². The van der Waals surface area contributed by atoms with Gasteiger partial charge >= 0.3 is 5.97 Å². The molecule has 0 saturated carbocycles. The second-order valence-corrected chi connectivity index (χ2v) is 4.38. The first kappa shape index (κ1) is 11.8. The van der Waals surface area contributed by atoms with Crippen LogP contribution in [0.2, 0.25) is 0 Å². The summed E-state index contributed by atoms with van der Waals surface area (Å²) in [6, 6.07) is 12.4. The highest BCUT2D eigenvalue weighted by Crippen LogP contribution is 2.43. The summed E-state index contributed by atoms with van der Waals surface area (Å²) in [5, 5.41) is 0. The van der Waals surface area contributed by atoms with Crippen molar-refractivity contribution in [1.29, 1.82) is 0 Å². The molecule has 0 radical (unpaired) electrons. The van der Waals surface area contributed by atoms with E-state index in [0.717, 1.165) is 0 Å². The Hall–Kier alpha value is -2.23. The fourth-order valence-corrected chi connectivity index (χ4v) is 2.45. The summed E-state index contributed by atoms with van der Waals surface area (Å²) in [6.45, 7) is -1.00. The molecule has 0 fully saturated rings. The van der Waals surface area contributed by atoms with E-state index >= 15 is 0 Å². The van der Waals surface area contributed by atoms with E-state index in [1.165, 1.54) is 18.2 Å². The van der Waals surface area contributed by atoms with Crippen LogP contribution in [0.4, 0.5) is 8.78 Å². The minimum absolute atomic E-state index is 0.0197. The quantitative estimate of drug-likeness (QED) is 0.775. The summed E-state index contributed by atoms with van der Waals surface area (Å²) in [7, 11) is 0. The molecule has 0 spiro atoms. The van der Waals surface area contributed by atoms with Gasteiger partial charge in [0.25, 0.3) is 0 Å². The minimum atomic E-state index is -1.67. The van der Waals surface area contributed by atoms with Crippen molar-refractivity contribution in [2.45, 2.75) is 5.60 Å². The zero-order valence-electron chi connectivity index (χ0n) is 9.90. The van der Waals surface area contributed by atoms with Gasteiger partial charge in [-0.15, -0.1) is 0 Å². The number of carbonyl (C=O) groups excluding carboxylic acids is 1. The largest absolute Gasteiger partial charge is 0.443 e. The Bertz CT molecular complexity index is 640. The summed E-state index contributed by atoms with van der Waals surface area (Å²) in [5.41, 5.74) is -1.18. The van der Waals surface area contributed by atoms with Gasteiger partial charge < -0.3 is 4.74 Å². The fraction of sp³-hybridized carbons (Fsp3) is 0.133. The lowest BCUT2D eigenvalue weighted by atomic mass is 9.86. The maximum absolute atomic E-state index is 14.0. The molecule has 19 heavy (non-hydrogen) atoms. The van der Waals surface area contributed by atoms with Gasteiger partial charge in [0.15, 0.2) is 5.60 Å². The maximum Gasteiger partial charge on any atom is 0.340 e. The Kier molecular flexibility index (Phi) is 2.59. The van der Waals surface area contributed by atoms with Gasteiger partial charge in [-0.25, -0.2) is 13.6 Å². The van der Waals surface area contributed by atoms with Crippen molar-refractivity contribution in [1.82, 2.24) is 0 Å². The Morgan fingerprint density at radius 2 is 1.79 bits per heavy atom. The number of fused-ring (bicyclic) bond motifs is 1. The van der Waals surface area contributed by atoms with Crippen molar-refractivity contribution in [3.63, 3.8) is 0 Å². The van der Waals surface area contributed by atoms with E-state index in [4.69, 9.17) is 4.74 Å². The number of alkyl halides is 1. The van der Waals surface area contributed by atoms with Crippen LogP contribution in [-0.4, -0.2) is 12.6 Å². The normalized spacial score (nSPS) is 21.1. The van der Waals surface area contributed by atoms with Gasteiger partial charge in [-0.1, -0.05) is 36.4 Å². The molecule has 1 aliphatic heterocycles. The smallest absolute Gasteiger partial charge is 0.340 e. The molecule has 0 saturated heterocycles. The second-order valence-electron chi connectivity index (χ2n) is 4.38. The van der Waals surface area contributed by atoms with E-state index < -0.39 is 24.1 Å². The van der Waals surface area contributed by atoms with Crippen LogP contribution in [0.25, 0.3) is 0 Å². The highest BCUT2D eigenvalue weighted by Gasteiger charge is 2.49. The predicted molar refractivity (Wildman–Crippen MR) is 65.0 cm³/mol. The molecule has 2 aromatic rings. The highest BCUT2D eigenvalue weighted by molar-refractivity contribution is 5.95. The van der Waals surface area contributed by atoms with E-state index in [1.54, 1.807) is 30.3 Å². The number of ether oxygens (including phenoxy) is 1. The van der Waals surface area contributed by atoms with E-state index in [9.17, 15) is 13.6 Å². The minimum Gasteiger partial charge on any atom is -0.443 e. The SMILES string of the molecule is O=C1O[C@](CF)(c2ccccc2)c2c(F)cccc21. The number of hydrogen-bond donors (Lipinski definition) is 0.